The monoisotopic (exact) mass is 197 g/mol. The Balaban J connectivity index is 0.000000791. The van der Waals surface area contributed by atoms with Gasteiger partial charge < -0.3 is 10.6 Å². The van der Waals surface area contributed by atoms with E-state index in [0.29, 0.717) is 6.42 Å². The minimum atomic E-state index is -0.233. The lowest BCUT2D eigenvalue weighted by atomic mass is 9.87. The Morgan fingerprint density at radius 1 is 1.50 bits per heavy atom. The van der Waals surface area contributed by atoms with Crippen LogP contribution < -0.4 is 5.73 Å². The van der Waals surface area contributed by atoms with E-state index in [4.69, 9.17) is 11.0 Å². The van der Waals surface area contributed by atoms with Gasteiger partial charge in [-0.05, 0) is 25.9 Å². The van der Waals surface area contributed by atoms with Crippen molar-refractivity contribution in [3.8, 4) is 6.07 Å². The lowest BCUT2D eigenvalue weighted by molar-refractivity contribution is 0.158. The summed E-state index contributed by atoms with van der Waals surface area (Å²) in [6.07, 6.45) is 2.62. The molecule has 0 bridgehead atoms. The van der Waals surface area contributed by atoms with Crippen molar-refractivity contribution in [2.24, 2.45) is 5.73 Å². The Bertz CT molecular complexity index is 185. The summed E-state index contributed by atoms with van der Waals surface area (Å²) in [7, 11) is 0. The minimum absolute atomic E-state index is 0.233. The van der Waals surface area contributed by atoms with Crippen LogP contribution in [0.1, 0.15) is 40.0 Å². The second-order valence-electron chi connectivity index (χ2n) is 3.67. The summed E-state index contributed by atoms with van der Waals surface area (Å²) in [5, 5.41) is 8.59. The SMILES string of the molecule is CC.CCN1CCCC(N)(CC#N)C1. The van der Waals surface area contributed by atoms with Gasteiger partial charge in [-0.3, -0.25) is 0 Å². The van der Waals surface area contributed by atoms with Crippen LogP contribution in [0, 0.1) is 11.3 Å². The molecule has 0 spiro atoms. The highest BCUT2D eigenvalue weighted by Crippen LogP contribution is 2.21. The summed E-state index contributed by atoms with van der Waals surface area (Å²) in [5.74, 6) is 0. The van der Waals surface area contributed by atoms with Crippen LogP contribution in [0.5, 0.6) is 0 Å². The number of rotatable bonds is 2. The standard InChI is InChI=1S/C9H17N3.C2H6/c1-2-12-7-3-4-9(11,8-12)5-6-10;1-2/h2-5,7-8,11H2,1H3;1-2H3. The van der Waals surface area contributed by atoms with E-state index in [9.17, 15) is 0 Å². The number of likely N-dealkylation sites (N-methyl/N-ethyl adjacent to an activating group) is 1. The zero-order valence-corrected chi connectivity index (χ0v) is 9.71. The fourth-order valence-corrected chi connectivity index (χ4v) is 1.83. The highest BCUT2D eigenvalue weighted by molar-refractivity contribution is 4.97. The predicted octanol–water partition coefficient (Wildman–Crippen LogP) is 1.74. The molecule has 0 aromatic heterocycles. The fraction of sp³-hybridized carbons (Fsp3) is 0.909. The molecule has 1 heterocycles. The van der Waals surface area contributed by atoms with E-state index in [0.717, 1.165) is 32.5 Å². The Labute approximate surface area is 87.9 Å². The molecule has 1 unspecified atom stereocenters. The van der Waals surface area contributed by atoms with Crippen molar-refractivity contribution < 1.29 is 0 Å². The van der Waals surface area contributed by atoms with Crippen LogP contribution >= 0.6 is 0 Å². The van der Waals surface area contributed by atoms with Crippen molar-refractivity contribution in [2.75, 3.05) is 19.6 Å². The summed E-state index contributed by atoms with van der Waals surface area (Å²) < 4.78 is 0. The first kappa shape index (κ1) is 13.4. The number of nitrogens with zero attached hydrogens (tertiary/aromatic N) is 2. The zero-order valence-electron chi connectivity index (χ0n) is 9.71. The van der Waals surface area contributed by atoms with E-state index in [1.807, 2.05) is 13.8 Å². The molecule has 14 heavy (non-hydrogen) atoms. The maximum atomic E-state index is 8.59. The van der Waals surface area contributed by atoms with Gasteiger partial charge in [0.05, 0.1) is 12.5 Å². The second kappa shape index (κ2) is 6.80. The molecule has 0 saturated carbocycles. The summed E-state index contributed by atoms with van der Waals surface area (Å²) in [5.41, 5.74) is 5.84. The molecule has 0 amide bonds. The molecule has 1 rings (SSSR count). The Hall–Kier alpha value is -0.590. The van der Waals surface area contributed by atoms with Gasteiger partial charge in [0.1, 0.15) is 0 Å². The fourth-order valence-electron chi connectivity index (χ4n) is 1.83. The molecule has 0 aliphatic carbocycles. The van der Waals surface area contributed by atoms with Gasteiger partial charge in [-0.1, -0.05) is 20.8 Å². The summed E-state index contributed by atoms with van der Waals surface area (Å²) in [6, 6.07) is 2.17. The molecule has 1 aliphatic heterocycles. The van der Waals surface area contributed by atoms with Gasteiger partial charge in [0.2, 0.25) is 0 Å². The third-order valence-electron chi connectivity index (χ3n) is 2.57. The molecule has 1 atom stereocenters. The van der Waals surface area contributed by atoms with E-state index < -0.39 is 0 Å². The molecule has 82 valence electrons. The second-order valence-corrected chi connectivity index (χ2v) is 3.67. The quantitative estimate of drug-likeness (QED) is 0.733. The van der Waals surface area contributed by atoms with Gasteiger partial charge >= 0.3 is 0 Å². The van der Waals surface area contributed by atoms with Crippen LogP contribution in [0.15, 0.2) is 0 Å². The Morgan fingerprint density at radius 3 is 2.64 bits per heavy atom. The van der Waals surface area contributed by atoms with E-state index in [-0.39, 0.29) is 5.54 Å². The smallest absolute Gasteiger partial charge is 0.0641 e. The number of hydrogen-bond acceptors (Lipinski definition) is 3. The van der Waals surface area contributed by atoms with Crippen molar-refractivity contribution in [3.05, 3.63) is 0 Å². The maximum Gasteiger partial charge on any atom is 0.0641 e. The largest absolute Gasteiger partial charge is 0.323 e. The van der Waals surface area contributed by atoms with Crippen molar-refractivity contribution in [1.29, 1.82) is 5.26 Å². The average Bonchev–Trinajstić information content (AvgIpc) is 2.21. The lowest BCUT2D eigenvalue weighted by Crippen LogP contribution is -2.53. The molecular weight excluding hydrogens is 174 g/mol. The van der Waals surface area contributed by atoms with E-state index in [2.05, 4.69) is 17.9 Å². The molecule has 1 aliphatic rings. The van der Waals surface area contributed by atoms with Crippen molar-refractivity contribution >= 4 is 0 Å². The van der Waals surface area contributed by atoms with Crippen LogP contribution in [-0.2, 0) is 0 Å². The van der Waals surface area contributed by atoms with Crippen LogP contribution in [-0.4, -0.2) is 30.1 Å². The number of likely N-dealkylation sites (tertiary alicyclic amines) is 1. The zero-order chi connectivity index (χ0) is 11.0. The molecule has 0 aromatic carbocycles. The van der Waals surface area contributed by atoms with Gasteiger partial charge in [0.15, 0.2) is 0 Å². The lowest BCUT2D eigenvalue weighted by Gasteiger charge is -2.38. The highest BCUT2D eigenvalue weighted by Gasteiger charge is 2.30. The molecule has 3 heteroatoms. The molecule has 3 nitrogen and oxygen atoms in total. The summed E-state index contributed by atoms with van der Waals surface area (Å²) >= 11 is 0. The van der Waals surface area contributed by atoms with Gasteiger partial charge in [-0.2, -0.15) is 5.26 Å². The summed E-state index contributed by atoms with van der Waals surface area (Å²) in [6.45, 7) is 9.21. The number of nitrogens with two attached hydrogens (primary N) is 1. The Kier molecular flexibility index (Phi) is 6.52. The van der Waals surface area contributed by atoms with E-state index in [1.165, 1.54) is 0 Å². The Morgan fingerprint density at radius 2 is 2.14 bits per heavy atom. The first-order valence-electron chi connectivity index (χ1n) is 5.58. The molecule has 2 N–H and O–H groups in total. The van der Waals surface area contributed by atoms with Gasteiger partial charge in [-0.15, -0.1) is 0 Å². The molecule has 0 radical (unpaired) electrons. The number of piperidine rings is 1. The van der Waals surface area contributed by atoms with E-state index in [1.54, 1.807) is 0 Å². The highest BCUT2D eigenvalue weighted by atomic mass is 15.2. The number of hydrogen-bond donors (Lipinski definition) is 1. The van der Waals surface area contributed by atoms with Crippen LogP contribution in [0.25, 0.3) is 0 Å². The third-order valence-corrected chi connectivity index (χ3v) is 2.57. The van der Waals surface area contributed by atoms with Crippen LogP contribution in [0.2, 0.25) is 0 Å². The first-order valence-corrected chi connectivity index (χ1v) is 5.58. The number of nitriles is 1. The van der Waals surface area contributed by atoms with Gasteiger partial charge in [-0.25, -0.2) is 0 Å². The minimum Gasteiger partial charge on any atom is -0.323 e. The topological polar surface area (TPSA) is 53.0 Å². The predicted molar refractivity (Wildman–Crippen MR) is 59.8 cm³/mol. The maximum absolute atomic E-state index is 8.59. The van der Waals surface area contributed by atoms with Crippen molar-refractivity contribution in [1.82, 2.24) is 4.90 Å². The molecule has 1 fully saturated rings. The molecule has 0 aromatic rings. The van der Waals surface area contributed by atoms with E-state index >= 15 is 0 Å². The third kappa shape index (κ3) is 4.08. The molecule has 1 saturated heterocycles. The van der Waals surface area contributed by atoms with Crippen molar-refractivity contribution in [2.45, 2.75) is 45.6 Å². The van der Waals surface area contributed by atoms with Crippen LogP contribution in [0.4, 0.5) is 0 Å². The van der Waals surface area contributed by atoms with Gasteiger partial charge in [0, 0.05) is 12.1 Å². The average molecular weight is 197 g/mol. The summed E-state index contributed by atoms with van der Waals surface area (Å²) in [4.78, 5) is 2.32. The molecular formula is C11H23N3. The van der Waals surface area contributed by atoms with Gasteiger partial charge in [0.25, 0.3) is 0 Å². The first-order chi connectivity index (χ1) is 6.70. The normalized spacial score (nSPS) is 27.4. The van der Waals surface area contributed by atoms with Crippen molar-refractivity contribution in [3.63, 3.8) is 0 Å². The van der Waals surface area contributed by atoms with Crippen LogP contribution in [0.3, 0.4) is 0 Å².